The minimum atomic E-state index is -4.26. The Bertz CT molecular complexity index is 1590. The summed E-state index contributed by atoms with van der Waals surface area (Å²) in [7, 11) is -4.26. The molecule has 0 atom stereocenters. The Morgan fingerprint density at radius 3 is 2.12 bits per heavy atom. The van der Waals surface area contributed by atoms with Crippen molar-refractivity contribution in [2.24, 2.45) is 0 Å². The van der Waals surface area contributed by atoms with Gasteiger partial charge in [0.2, 0.25) is 5.36 Å². The van der Waals surface area contributed by atoms with Crippen LogP contribution in [0.1, 0.15) is 20.3 Å². The number of hydrogen-bond donors (Lipinski definition) is 0. The molecule has 0 bridgehead atoms. The summed E-state index contributed by atoms with van der Waals surface area (Å²) in [4.78, 5) is 29.0. The zero-order valence-corrected chi connectivity index (χ0v) is 19.3. The molecule has 0 N–H and O–H groups in total. The van der Waals surface area contributed by atoms with Gasteiger partial charge in [-0.25, -0.2) is 18.0 Å². The third kappa shape index (κ3) is 4.34. The maximum atomic E-state index is 13.4. The Hall–Kier alpha value is -3.30. The van der Waals surface area contributed by atoms with Gasteiger partial charge in [-0.3, -0.25) is 0 Å². The van der Waals surface area contributed by atoms with Crippen molar-refractivity contribution in [1.29, 1.82) is 0 Å². The summed E-state index contributed by atoms with van der Waals surface area (Å²) >= 11 is 0. The topological polar surface area (TPSA) is 105 Å². The lowest BCUT2D eigenvalue weighted by molar-refractivity contribution is -0.539. The largest absolute Gasteiger partial charge is 0.748 e. The van der Waals surface area contributed by atoms with Gasteiger partial charge in [-0.1, -0.05) is 16.4 Å². The van der Waals surface area contributed by atoms with Crippen LogP contribution in [0.4, 0.5) is 5.69 Å². The molecule has 2 heterocycles. The highest BCUT2D eigenvalue weighted by molar-refractivity contribution is 7.85. The first-order valence-electron chi connectivity index (χ1n) is 10.9. The van der Waals surface area contributed by atoms with Crippen molar-refractivity contribution in [3.63, 3.8) is 0 Å². The third-order valence-corrected chi connectivity index (χ3v) is 6.72. The summed E-state index contributed by atoms with van der Waals surface area (Å²) in [5.41, 5.74) is 0.227. The summed E-state index contributed by atoms with van der Waals surface area (Å²) in [5.74, 6) is -0.443. The number of hydrogen-bond acceptors (Lipinski definition) is 6. The van der Waals surface area contributed by atoms with E-state index in [1.165, 1.54) is 4.24 Å². The second-order valence-electron chi connectivity index (χ2n) is 7.89. The molecule has 9 heteroatoms. The molecular formula is C24H25N3O5S. The van der Waals surface area contributed by atoms with Crippen molar-refractivity contribution >= 4 is 37.4 Å². The molecule has 0 saturated heterocycles. The normalized spacial score (nSPS) is 12.0. The fraction of sp³-hybridized carbons (Fsp3) is 0.292. The number of aryl methyl sites for hydroxylation is 1. The number of aromatic nitrogens is 2. The highest BCUT2D eigenvalue weighted by Crippen LogP contribution is 2.31. The summed E-state index contributed by atoms with van der Waals surface area (Å²) in [6.07, 6.45) is 3.50. The van der Waals surface area contributed by atoms with E-state index in [1.54, 1.807) is 41.2 Å². The van der Waals surface area contributed by atoms with Gasteiger partial charge in [0.1, 0.15) is 10.8 Å². The van der Waals surface area contributed by atoms with E-state index in [1.807, 2.05) is 18.2 Å². The van der Waals surface area contributed by atoms with Crippen LogP contribution in [0.15, 0.2) is 64.4 Å². The van der Waals surface area contributed by atoms with Crippen LogP contribution in [-0.4, -0.2) is 36.4 Å². The van der Waals surface area contributed by atoms with E-state index >= 15 is 0 Å². The standard InChI is InChI=1S/C24H25N3O5S/c1-3-26(4-2)21-10-9-20-22-18(21)7-5-8-19(22)23(28)27(24(20)29)17-11-14-25(15-12-17)13-6-16-33(30,31)32/h5,7-12,14-15H,3-4,6,13,16H2,1-2H3. The third-order valence-electron chi connectivity index (χ3n) is 5.93. The van der Waals surface area contributed by atoms with Crippen molar-refractivity contribution in [2.75, 3.05) is 23.7 Å². The molecule has 0 aliphatic rings. The second kappa shape index (κ2) is 8.92. The molecule has 33 heavy (non-hydrogen) atoms. The van der Waals surface area contributed by atoms with Crippen LogP contribution in [0.5, 0.6) is 0 Å². The Balaban J connectivity index is 1.92. The van der Waals surface area contributed by atoms with Crippen molar-refractivity contribution in [3.8, 4) is 0 Å². The summed E-state index contributed by atoms with van der Waals surface area (Å²) in [5, 5.41) is 2.95. The van der Waals surface area contributed by atoms with Crippen LogP contribution in [0, 0.1) is 5.36 Å². The fourth-order valence-electron chi connectivity index (χ4n) is 4.33. The van der Waals surface area contributed by atoms with Gasteiger partial charge in [-0.15, -0.1) is 0 Å². The molecule has 0 aliphatic heterocycles. The minimum Gasteiger partial charge on any atom is -0.748 e. The van der Waals surface area contributed by atoms with E-state index in [2.05, 4.69) is 18.7 Å². The number of benzene rings is 2. The second-order valence-corrected chi connectivity index (χ2v) is 9.41. The van der Waals surface area contributed by atoms with Gasteiger partial charge >= 0.3 is 11.1 Å². The average molecular weight is 468 g/mol. The van der Waals surface area contributed by atoms with E-state index in [0.717, 1.165) is 24.2 Å². The molecule has 0 unspecified atom stereocenters. The monoisotopic (exact) mass is 467 g/mol. The molecule has 172 valence electrons. The van der Waals surface area contributed by atoms with Gasteiger partial charge < -0.3 is 14.0 Å². The average Bonchev–Trinajstić information content (AvgIpc) is 2.79. The first-order valence-corrected chi connectivity index (χ1v) is 12.4. The molecule has 4 aromatic rings. The minimum absolute atomic E-state index is 0.182. The molecule has 2 aromatic heterocycles. The zero-order chi connectivity index (χ0) is 23.8. The molecule has 8 nitrogen and oxygen atoms in total. The summed E-state index contributed by atoms with van der Waals surface area (Å²) < 4.78 is 35.2. The van der Waals surface area contributed by atoms with E-state index in [4.69, 9.17) is 0 Å². The first-order chi connectivity index (χ1) is 15.7. The first kappa shape index (κ1) is 22.9. The van der Waals surface area contributed by atoms with Gasteiger partial charge in [0.15, 0.2) is 0 Å². The van der Waals surface area contributed by atoms with Gasteiger partial charge in [0.25, 0.3) is 0 Å². The van der Waals surface area contributed by atoms with E-state index in [-0.39, 0.29) is 17.5 Å². The predicted molar refractivity (Wildman–Crippen MR) is 127 cm³/mol. The highest BCUT2D eigenvalue weighted by atomic mass is 32.2. The Labute approximate surface area is 190 Å². The van der Waals surface area contributed by atoms with Crippen molar-refractivity contribution in [3.05, 3.63) is 80.9 Å². The number of anilines is 1. The van der Waals surface area contributed by atoms with Crippen molar-refractivity contribution < 1.29 is 17.2 Å². The van der Waals surface area contributed by atoms with E-state index in [0.29, 0.717) is 28.1 Å². The predicted octanol–water partition coefficient (Wildman–Crippen LogP) is 1.82. The fourth-order valence-corrected chi connectivity index (χ4v) is 4.81. The highest BCUT2D eigenvalue weighted by Gasteiger charge is 2.21. The molecular weight excluding hydrogens is 442 g/mol. The molecule has 0 saturated carbocycles. The van der Waals surface area contributed by atoms with Crippen LogP contribution in [0.3, 0.4) is 0 Å². The van der Waals surface area contributed by atoms with Gasteiger partial charge in [0.05, 0.1) is 10.1 Å². The van der Waals surface area contributed by atoms with Crippen LogP contribution in [0.25, 0.3) is 21.5 Å². The maximum Gasteiger partial charge on any atom is 0.429 e. The van der Waals surface area contributed by atoms with Gasteiger partial charge in [-0.05, 0) is 38.5 Å². The van der Waals surface area contributed by atoms with Crippen LogP contribution < -0.4 is 20.3 Å². The van der Waals surface area contributed by atoms with Gasteiger partial charge in [-0.2, -0.15) is 0 Å². The van der Waals surface area contributed by atoms with Crippen LogP contribution in [-0.2, 0) is 16.7 Å². The molecule has 2 aromatic carbocycles. The molecule has 0 radical (unpaired) electrons. The maximum absolute atomic E-state index is 13.4. The molecule has 0 fully saturated rings. The van der Waals surface area contributed by atoms with Crippen molar-refractivity contribution in [1.82, 2.24) is 4.57 Å². The quantitative estimate of drug-likeness (QED) is 0.303. The SMILES string of the molecule is CCN(CC)c1ccc2c(=O)[n+](=c3ccn(CCCS(=O)(=O)[O-])cc3)c(=O)c3cccc1c32. The lowest BCUT2D eigenvalue weighted by Crippen LogP contribution is -2.51. The summed E-state index contributed by atoms with van der Waals surface area (Å²) in [6.45, 7) is 6.10. The molecule has 4 rings (SSSR count). The Morgan fingerprint density at radius 2 is 1.52 bits per heavy atom. The number of pyridine rings is 2. The van der Waals surface area contributed by atoms with Crippen LogP contribution in [0.2, 0.25) is 0 Å². The smallest absolute Gasteiger partial charge is 0.429 e. The summed E-state index contributed by atoms with van der Waals surface area (Å²) in [6, 6.07) is 12.5. The Morgan fingerprint density at radius 1 is 0.909 bits per heavy atom. The van der Waals surface area contributed by atoms with Crippen LogP contribution >= 0.6 is 0 Å². The van der Waals surface area contributed by atoms with Gasteiger partial charge in [0, 0.05) is 66.4 Å². The van der Waals surface area contributed by atoms with E-state index < -0.39 is 15.9 Å². The number of rotatable bonds is 7. The lowest BCUT2D eigenvalue weighted by atomic mass is 10.0. The molecule has 0 aliphatic carbocycles. The Kier molecular flexibility index (Phi) is 6.18. The molecule has 0 spiro atoms. The lowest BCUT2D eigenvalue weighted by Gasteiger charge is -2.23. The number of nitrogens with zero attached hydrogens (tertiary/aromatic N) is 3. The zero-order valence-electron chi connectivity index (χ0n) is 18.5. The molecule has 0 amide bonds. The van der Waals surface area contributed by atoms with E-state index in [9.17, 15) is 22.6 Å². The van der Waals surface area contributed by atoms with Crippen molar-refractivity contribution in [2.45, 2.75) is 26.8 Å².